The Balaban J connectivity index is 0.00000180. The monoisotopic (exact) mass is 316 g/mol. The number of nitrogens with two attached hydrogens (primary N) is 1. The van der Waals surface area contributed by atoms with Crippen LogP contribution in [-0.2, 0) is 24.1 Å². The van der Waals surface area contributed by atoms with Crippen molar-refractivity contribution in [2.45, 2.75) is 19.3 Å². The van der Waals surface area contributed by atoms with Crippen LogP contribution in [0.5, 0.6) is 0 Å². The molecule has 0 saturated carbocycles. The van der Waals surface area contributed by atoms with Crippen molar-refractivity contribution in [2.24, 2.45) is 5.84 Å². The van der Waals surface area contributed by atoms with Gasteiger partial charge >= 0.3 is 0 Å². The molecule has 0 saturated heterocycles. The number of aromatic amines is 1. The SMILES string of the molecule is Cl.Cl.NNC(=O)Cc1ccc(CCc2cnc[nH]2)cc1. The molecule has 0 aliphatic rings. The number of carbonyl (C=O) groups is 1. The van der Waals surface area contributed by atoms with Crippen LogP contribution in [0.1, 0.15) is 16.8 Å². The fraction of sp³-hybridized carbons (Fsp3) is 0.231. The Morgan fingerprint density at radius 3 is 2.35 bits per heavy atom. The minimum atomic E-state index is -0.180. The molecule has 7 heteroatoms. The molecule has 2 aromatic rings. The fourth-order valence-corrected chi connectivity index (χ4v) is 1.76. The Morgan fingerprint density at radius 2 is 1.80 bits per heavy atom. The van der Waals surface area contributed by atoms with Crippen molar-refractivity contribution in [1.82, 2.24) is 15.4 Å². The number of aryl methyl sites for hydroxylation is 2. The van der Waals surface area contributed by atoms with Crippen molar-refractivity contribution in [3.05, 3.63) is 53.6 Å². The average Bonchev–Trinajstić information content (AvgIpc) is 2.91. The minimum Gasteiger partial charge on any atom is -0.348 e. The summed E-state index contributed by atoms with van der Waals surface area (Å²) in [5.74, 6) is 4.86. The number of hydrogen-bond acceptors (Lipinski definition) is 3. The van der Waals surface area contributed by atoms with Gasteiger partial charge in [-0.25, -0.2) is 10.8 Å². The van der Waals surface area contributed by atoms with E-state index in [1.165, 1.54) is 5.56 Å². The lowest BCUT2D eigenvalue weighted by Crippen LogP contribution is -2.31. The molecular weight excluding hydrogens is 299 g/mol. The third-order valence-corrected chi connectivity index (χ3v) is 2.79. The lowest BCUT2D eigenvalue weighted by Gasteiger charge is -2.03. The van der Waals surface area contributed by atoms with Crippen LogP contribution in [0.2, 0.25) is 0 Å². The van der Waals surface area contributed by atoms with Gasteiger partial charge in [-0.15, -0.1) is 24.8 Å². The van der Waals surface area contributed by atoms with Crippen LogP contribution in [0.4, 0.5) is 0 Å². The van der Waals surface area contributed by atoms with E-state index in [-0.39, 0.29) is 30.7 Å². The van der Waals surface area contributed by atoms with E-state index in [0.29, 0.717) is 6.42 Å². The normalized spacial score (nSPS) is 9.25. The highest BCUT2D eigenvalue weighted by Crippen LogP contribution is 2.08. The van der Waals surface area contributed by atoms with Gasteiger partial charge in [-0.1, -0.05) is 24.3 Å². The topological polar surface area (TPSA) is 83.8 Å². The first-order valence-corrected chi connectivity index (χ1v) is 5.82. The van der Waals surface area contributed by atoms with E-state index in [4.69, 9.17) is 5.84 Å². The quantitative estimate of drug-likeness (QED) is 0.445. The van der Waals surface area contributed by atoms with Gasteiger partial charge in [-0.3, -0.25) is 10.2 Å². The van der Waals surface area contributed by atoms with Gasteiger partial charge in [0, 0.05) is 11.9 Å². The number of nitrogens with zero attached hydrogens (tertiary/aromatic N) is 1. The smallest absolute Gasteiger partial charge is 0.238 e. The molecule has 0 atom stereocenters. The molecule has 0 fully saturated rings. The molecule has 0 aliphatic heterocycles. The second-order valence-electron chi connectivity index (χ2n) is 4.14. The number of rotatable bonds is 5. The van der Waals surface area contributed by atoms with E-state index in [1.807, 2.05) is 30.5 Å². The number of nitrogens with one attached hydrogen (secondary N) is 2. The molecule has 110 valence electrons. The highest BCUT2D eigenvalue weighted by Gasteiger charge is 2.01. The predicted octanol–water partition coefficient (Wildman–Crippen LogP) is 1.57. The van der Waals surface area contributed by atoms with E-state index < -0.39 is 0 Å². The van der Waals surface area contributed by atoms with Crippen LogP contribution in [0.25, 0.3) is 0 Å². The Hall–Kier alpha value is -1.56. The summed E-state index contributed by atoms with van der Waals surface area (Å²) in [5.41, 5.74) is 5.45. The average molecular weight is 317 g/mol. The third-order valence-electron chi connectivity index (χ3n) is 2.79. The summed E-state index contributed by atoms with van der Waals surface area (Å²) in [6.45, 7) is 0. The molecule has 2 rings (SSSR count). The van der Waals surface area contributed by atoms with Gasteiger partial charge in [-0.05, 0) is 24.0 Å². The minimum absolute atomic E-state index is 0. The molecule has 1 heterocycles. The van der Waals surface area contributed by atoms with Crippen molar-refractivity contribution in [1.29, 1.82) is 0 Å². The fourth-order valence-electron chi connectivity index (χ4n) is 1.76. The van der Waals surface area contributed by atoms with Crippen molar-refractivity contribution in [3.63, 3.8) is 0 Å². The van der Waals surface area contributed by atoms with Crippen LogP contribution in [-0.4, -0.2) is 15.9 Å². The van der Waals surface area contributed by atoms with Gasteiger partial charge in [0.2, 0.25) is 5.91 Å². The number of carbonyl (C=O) groups excluding carboxylic acids is 1. The Kier molecular flexibility index (Phi) is 8.63. The lowest BCUT2D eigenvalue weighted by molar-refractivity contribution is -0.120. The maximum atomic E-state index is 11.1. The number of hydrogen-bond donors (Lipinski definition) is 3. The number of aromatic nitrogens is 2. The molecule has 20 heavy (non-hydrogen) atoms. The van der Waals surface area contributed by atoms with E-state index in [9.17, 15) is 4.79 Å². The van der Waals surface area contributed by atoms with Crippen LogP contribution < -0.4 is 11.3 Å². The van der Waals surface area contributed by atoms with Gasteiger partial charge in [0.05, 0.1) is 12.7 Å². The molecule has 1 aromatic heterocycles. The van der Waals surface area contributed by atoms with Crippen LogP contribution in [0.3, 0.4) is 0 Å². The summed E-state index contributed by atoms with van der Waals surface area (Å²) >= 11 is 0. The van der Waals surface area contributed by atoms with Gasteiger partial charge < -0.3 is 4.98 Å². The molecule has 0 aliphatic carbocycles. The van der Waals surface area contributed by atoms with E-state index >= 15 is 0 Å². The number of benzene rings is 1. The van der Waals surface area contributed by atoms with Gasteiger partial charge in [0.15, 0.2) is 0 Å². The van der Waals surface area contributed by atoms with Crippen molar-refractivity contribution >= 4 is 30.7 Å². The zero-order valence-electron chi connectivity index (χ0n) is 10.8. The number of hydrazine groups is 1. The summed E-state index contributed by atoms with van der Waals surface area (Å²) in [5, 5.41) is 0. The maximum Gasteiger partial charge on any atom is 0.238 e. The highest BCUT2D eigenvalue weighted by atomic mass is 35.5. The first-order valence-electron chi connectivity index (χ1n) is 5.82. The predicted molar refractivity (Wildman–Crippen MR) is 83.0 cm³/mol. The Morgan fingerprint density at radius 1 is 1.15 bits per heavy atom. The Bertz CT molecular complexity index is 500. The summed E-state index contributed by atoms with van der Waals surface area (Å²) in [6.07, 6.45) is 5.72. The lowest BCUT2D eigenvalue weighted by atomic mass is 10.0. The standard InChI is InChI=1S/C13H16N4O.2ClH/c14-17-13(18)7-11-3-1-10(2-4-11)5-6-12-8-15-9-16-12;;/h1-4,8-9H,5-7,14H2,(H,15,16)(H,17,18);2*1H. The summed E-state index contributed by atoms with van der Waals surface area (Å²) in [6, 6.07) is 7.99. The molecule has 1 amide bonds. The molecule has 0 bridgehead atoms. The van der Waals surface area contributed by atoms with Gasteiger partial charge in [0.25, 0.3) is 0 Å². The molecule has 1 aromatic carbocycles. The number of halogens is 2. The van der Waals surface area contributed by atoms with Crippen LogP contribution >= 0.6 is 24.8 Å². The van der Waals surface area contributed by atoms with Crippen LogP contribution in [0, 0.1) is 0 Å². The highest BCUT2D eigenvalue weighted by molar-refractivity contribution is 5.85. The zero-order valence-corrected chi connectivity index (χ0v) is 12.5. The molecule has 0 unspecified atom stereocenters. The van der Waals surface area contributed by atoms with E-state index in [0.717, 1.165) is 24.1 Å². The largest absolute Gasteiger partial charge is 0.348 e. The van der Waals surface area contributed by atoms with Gasteiger partial charge in [0.1, 0.15) is 0 Å². The Labute approximate surface area is 130 Å². The summed E-state index contributed by atoms with van der Waals surface area (Å²) < 4.78 is 0. The molecule has 0 spiro atoms. The summed E-state index contributed by atoms with van der Waals surface area (Å²) in [4.78, 5) is 18.2. The van der Waals surface area contributed by atoms with Crippen molar-refractivity contribution in [2.75, 3.05) is 0 Å². The number of imidazole rings is 1. The third kappa shape index (κ3) is 5.61. The molecule has 5 nitrogen and oxygen atoms in total. The molecule has 0 radical (unpaired) electrons. The van der Waals surface area contributed by atoms with Crippen molar-refractivity contribution < 1.29 is 4.79 Å². The first kappa shape index (κ1) is 18.4. The zero-order chi connectivity index (χ0) is 12.8. The van der Waals surface area contributed by atoms with Gasteiger partial charge in [-0.2, -0.15) is 0 Å². The van der Waals surface area contributed by atoms with Crippen molar-refractivity contribution in [3.8, 4) is 0 Å². The summed E-state index contributed by atoms with van der Waals surface area (Å²) in [7, 11) is 0. The van der Waals surface area contributed by atoms with Crippen LogP contribution in [0.15, 0.2) is 36.8 Å². The second-order valence-corrected chi connectivity index (χ2v) is 4.14. The molecule has 4 N–H and O–H groups in total. The molecular formula is C13H18Cl2N4O. The maximum absolute atomic E-state index is 11.1. The first-order chi connectivity index (χ1) is 8.78. The van der Waals surface area contributed by atoms with E-state index in [2.05, 4.69) is 15.4 Å². The number of H-pyrrole nitrogens is 1. The number of amides is 1. The van der Waals surface area contributed by atoms with E-state index in [1.54, 1.807) is 6.33 Å². The second kappa shape index (κ2) is 9.36.